The molecule has 1 aliphatic heterocycles. The molecule has 0 unspecified atom stereocenters. The fourth-order valence-electron chi connectivity index (χ4n) is 1.65. The van der Waals surface area contributed by atoms with Crippen LogP contribution in [0.5, 0.6) is 0 Å². The van der Waals surface area contributed by atoms with Gasteiger partial charge in [-0.25, -0.2) is 0 Å². The second kappa shape index (κ2) is 6.84. The van der Waals surface area contributed by atoms with Crippen LogP contribution in [-0.2, 0) is 9.47 Å². The molecule has 1 fully saturated rings. The van der Waals surface area contributed by atoms with Gasteiger partial charge in [0.1, 0.15) is 0 Å². The average molecular weight is 211 g/mol. The predicted molar refractivity (Wildman–Crippen MR) is 60.7 cm³/mol. The summed E-state index contributed by atoms with van der Waals surface area (Å²) in [5.41, 5.74) is 0. The van der Waals surface area contributed by atoms with Gasteiger partial charge in [0.2, 0.25) is 0 Å². The van der Waals surface area contributed by atoms with E-state index >= 15 is 0 Å². The fourth-order valence-corrected chi connectivity index (χ4v) is 1.65. The van der Waals surface area contributed by atoms with Crippen molar-refractivity contribution in [2.75, 3.05) is 32.9 Å². The molecule has 0 aromatic heterocycles. The summed E-state index contributed by atoms with van der Waals surface area (Å²) < 4.78 is 10.8. The van der Waals surface area contributed by atoms with Crippen LogP contribution in [0.1, 0.15) is 20.3 Å². The lowest BCUT2D eigenvalue weighted by Crippen LogP contribution is -2.45. The second-order valence-corrected chi connectivity index (χ2v) is 4.07. The van der Waals surface area contributed by atoms with Gasteiger partial charge in [-0.15, -0.1) is 6.42 Å². The molecular formula is C12H21NO2. The number of morpholine rings is 1. The molecule has 1 atom stereocenters. The van der Waals surface area contributed by atoms with Crippen LogP contribution in [0.15, 0.2) is 0 Å². The molecule has 0 spiro atoms. The van der Waals surface area contributed by atoms with Crippen LogP contribution in [0.3, 0.4) is 0 Å². The quantitative estimate of drug-likeness (QED) is 0.503. The average Bonchev–Trinajstić information content (AvgIpc) is 2.24. The Morgan fingerprint density at radius 3 is 3.07 bits per heavy atom. The number of ether oxygens (including phenoxy) is 2. The van der Waals surface area contributed by atoms with Crippen molar-refractivity contribution < 1.29 is 9.47 Å². The Kier molecular flexibility index (Phi) is 5.70. The van der Waals surface area contributed by atoms with Crippen molar-refractivity contribution in [2.45, 2.75) is 32.4 Å². The van der Waals surface area contributed by atoms with Gasteiger partial charge >= 0.3 is 0 Å². The molecule has 0 N–H and O–H groups in total. The lowest BCUT2D eigenvalue weighted by Gasteiger charge is -2.32. The zero-order valence-corrected chi connectivity index (χ0v) is 9.74. The first kappa shape index (κ1) is 12.5. The highest BCUT2D eigenvalue weighted by molar-refractivity contribution is 5.01. The van der Waals surface area contributed by atoms with Crippen LogP contribution < -0.4 is 0 Å². The van der Waals surface area contributed by atoms with E-state index in [0.29, 0.717) is 12.7 Å². The molecule has 15 heavy (non-hydrogen) atoms. The van der Waals surface area contributed by atoms with Crippen molar-refractivity contribution in [1.29, 1.82) is 0 Å². The summed E-state index contributed by atoms with van der Waals surface area (Å²) >= 11 is 0. The monoisotopic (exact) mass is 211 g/mol. The molecule has 0 aliphatic carbocycles. The molecule has 0 bridgehead atoms. The summed E-state index contributed by atoms with van der Waals surface area (Å²) in [6.45, 7) is 8.33. The van der Waals surface area contributed by atoms with Crippen LogP contribution in [0.2, 0.25) is 0 Å². The minimum Gasteiger partial charge on any atom is -0.379 e. The third kappa shape index (κ3) is 4.65. The number of terminal acetylenes is 1. The lowest BCUT2D eigenvalue weighted by molar-refractivity contribution is 0.00568. The molecule has 1 aliphatic rings. The van der Waals surface area contributed by atoms with Crippen molar-refractivity contribution >= 4 is 0 Å². The molecule has 0 aromatic carbocycles. The summed E-state index contributed by atoms with van der Waals surface area (Å²) in [6.07, 6.45) is 6.80. The van der Waals surface area contributed by atoms with E-state index in [1.165, 1.54) is 0 Å². The maximum absolute atomic E-state index is 5.49. The van der Waals surface area contributed by atoms with Gasteiger partial charge in [0.15, 0.2) is 0 Å². The Labute approximate surface area is 92.7 Å². The van der Waals surface area contributed by atoms with Crippen molar-refractivity contribution in [3.05, 3.63) is 0 Å². The molecule has 0 radical (unpaired) electrons. The maximum atomic E-state index is 5.49. The van der Waals surface area contributed by atoms with Crippen LogP contribution in [0.25, 0.3) is 0 Å². The Hall–Kier alpha value is -0.560. The third-order valence-electron chi connectivity index (χ3n) is 2.47. The van der Waals surface area contributed by atoms with E-state index in [9.17, 15) is 0 Å². The van der Waals surface area contributed by atoms with Crippen molar-refractivity contribution in [2.24, 2.45) is 0 Å². The molecule has 3 nitrogen and oxygen atoms in total. The zero-order valence-electron chi connectivity index (χ0n) is 9.74. The van der Waals surface area contributed by atoms with Crippen molar-refractivity contribution in [3.63, 3.8) is 0 Å². The topological polar surface area (TPSA) is 21.7 Å². The first-order chi connectivity index (χ1) is 7.24. The Morgan fingerprint density at radius 1 is 1.60 bits per heavy atom. The number of hydrogen-bond donors (Lipinski definition) is 0. The summed E-state index contributed by atoms with van der Waals surface area (Å²) in [5.74, 6) is 2.76. The van der Waals surface area contributed by atoms with Gasteiger partial charge in [0, 0.05) is 19.7 Å². The van der Waals surface area contributed by atoms with E-state index in [4.69, 9.17) is 15.9 Å². The summed E-state index contributed by atoms with van der Waals surface area (Å²) in [5, 5.41) is 0. The highest BCUT2D eigenvalue weighted by Crippen LogP contribution is 2.06. The van der Waals surface area contributed by atoms with Crippen LogP contribution in [0.4, 0.5) is 0 Å². The van der Waals surface area contributed by atoms with E-state index < -0.39 is 0 Å². The van der Waals surface area contributed by atoms with E-state index in [1.54, 1.807) is 0 Å². The van der Waals surface area contributed by atoms with Gasteiger partial charge in [0.25, 0.3) is 0 Å². The van der Waals surface area contributed by atoms with Gasteiger partial charge in [-0.2, -0.15) is 0 Å². The normalized spacial score (nSPS) is 22.9. The lowest BCUT2D eigenvalue weighted by atomic mass is 10.2. The summed E-state index contributed by atoms with van der Waals surface area (Å²) in [6, 6.07) is 0.151. The van der Waals surface area contributed by atoms with E-state index in [1.807, 2.05) is 0 Å². The van der Waals surface area contributed by atoms with Gasteiger partial charge in [0.05, 0.1) is 25.4 Å². The molecule has 3 heteroatoms. The van der Waals surface area contributed by atoms with Crippen molar-refractivity contribution in [3.8, 4) is 12.3 Å². The molecule has 1 saturated heterocycles. The second-order valence-electron chi connectivity index (χ2n) is 4.07. The Balaban J connectivity index is 2.16. The molecular weight excluding hydrogens is 190 g/mol. The predicted octanol–water partition coefficient (Wildman–Crippen LogP) is 1.14. The van der Waals surface area contributed by atoms with Gasteiger partial charge in [-0.3, -0.25) is 4.90 Å². The van der Waals surface area contributed by atoms with Crippen molar-refractivity contribution in [1.82, 2.24) is 4.90 Å². The zero-order chi connectivity index (χ0) is 11.1. The highest BCUT2D eigenvalue weighted by atomic mass is 16.5. The first-order valence-corrected chi connectivity index (χ1v) is 5.63. The molecule has 0 amide bonds. The summed E-state index contributed by atoms with van der Waals surface area (Å²) in [4.78, 5) is 2.30. The highest BCUT2D eigenvalue weighted by Gasteiger charge is 2.19. The van der Waals surface area contributed by atoms with Gasteiger partial charge in [-0.1, -0.05) is 5.92 Å². The SMILES string of the molecule is C#C[C@H]1COCCN1CCCOC(C)C. The van der Waals surface area contributed by atoms with E-state index in [2.05, 4.69) is 24.7 Å². The summed E-state index contributed by atoms with van der Waals surface area (Å²) in [7, 11) is 0. The van der Waals surface area contributed by atoms with Crippen LogP contribution in [0, 0.1) is 12.3 Å². The molecule has 1 rings (SSSR count). The number of nitrogens with zero attached hydrogens (tertiary/aromatic N) is 1. The largest absolute Gasteiger partial charge is 0.379 e. The minimum atomic E-state index is 0.151. The van der Waals surface area contributed by atoms with Crippen LogP contribution in [-0.4, -0.2) is 50.0 Å². The standard InChI is InChI=1S/C12H21NO2/c1-4-12-10-14-9-7-13(12)6-5-8-15-11(2)3/h1,11-12H,5-10H2,2-3H3/t12-/m0/s1. The smallest absolute Gasteiger partial charge is 0.0949 e. The van der Waals surface area contributed by atoms with Gasteiger partial charge in [-0.05, 0) is 20.3 Å². The Morgan fingerprint density at radius 2 is 2.40 bits per heavy atom. The Bertz CT molecular complexity index is 210. The van der Waals surface area contributed by atoms with Gasteiger partial charge < -0.3 is 9.47 Å². The van der Waals surface area contributed by atoms with Crippen LogP contribution >= 0.6 is 0 Å². The molecule has 0 saturated carbocycles. The molecule has 1 heterocycles. The fraction of sp³-hybridized carbons (Fsp3) is 0.833. The van der Waals surface area contributed by atoms with E-state index in [0.717, 1.165) is 32.7 Å². The first-order valence-electron chi connectivity index (χ1n) is 5.63. The third-order valence-corrected chi connectivity index (χ3v) is 2.47. The number of hydrogen-bond acceptors (Lipinski definition) is 3. The minimum absolute atomic E-state index is 0.151. The number of rotatable bonds is 5. The maximum Gasteiger partial charge on any atom is 0.0949 e. The molecule has 86 valence electrons. The van der Waals surface area contributed by atoms with E-state index in [-0.39, 0.29) is 6.04 Å². The molecule has 0 aromatic rings.